The van der Waals surface area contributed by atoms with E-state index in [2.05, 4.69) is 17.1 Å². The smallest absolute Gasteiger partial charge is 0.123 e. The molecule has 1 aromatic rings. The maximum Gasteiger partial charge on any atom is 0.123 e. The molecular weight excluding hydrogens is 267 g/mol. The molecule has 0 amide bonds. The van der Waals surface area contributed by atoms with Crippen LogP contribution in [0.1, 0.15) is 25.3 Å². The summed E-state index contributed by atoms with van der Waals surface area (Å²) in [6, 6.07) is 4.85. The van der Waals surface area contributed by atoms with Crippen LogP contribution in [0.25, 0.3) is 0 Å². The number of piperidine rings is 1. The summed E-state index contributed by atoms with van der Waals surface area (Å²) in [5, 5.41) is 3.45. The molecule has 1 fully saturated rings. The van der Waals surface area contributed by atoms with Crippen molar-refractivity contribution in [1.82, 2.24) is 10.2 Å². The van der Waals surface area contributed by atoms with Gasteiger partial charge in [-0.25, -0.2) is 4.39 Å². The van der Waals surface area contributed by atoms with Crippen LogP contribution < -0.4 is 10.1 Å². The fourth-order valence-corrected chi connectivity index (χ4v) is 3.51. The second kappa shape index (κ2) is 6.75. The van der Waals surface area contributed by atoms with E-state index in [0.717, 1.165) is 56.4 Å². The normalized spacial score (nSPS) is 25.6. The monoisotopic (exact) mass is 292 g/mol. The second-order valence-electron chi connectivity index (χ2n) is 6.27. The Morgan fingerprint density at radius 2 is 2.33 bits per heavy atom. The van der Waals surface area contributed by atoms with E-state index in [4.69, 9.17) is 4.74 Å². The van der Waals surface area contributed by atoms with Gasteiger partial charge in [-0.05, 0) is 56.6 Å². The molecule has 0 saturated carbocycles. The summed E-state index contributed by atoms with van der Waals surface area (Å²) < 4.78 is 19.2. The van der Waals surface area contributed by atoms with Crippen LogP contribution in [-0.4, -0.2) is 43.7 Å². The molecule has 0 aromatic heterocycles. The molecule has 2 unspecified atom stereocenters. The van der Waals surface area contributed by atoms with Crippen LogP contribution in [-0.2, 0) is 6.42 Å². The molecule has 21 heavy (non-hydrogen) atoms. The molecule has 4 heteroatoms. The Kier molecular flexibility index (Phi) is 4.76. The lowest BCUT2D eigenvalue weighted by Gasteiger charge is -2.34. The number of ether oxygens (including phenoxy) is 1. The van der Waals surface area contributed by atoms with E-state index in [9.17, 15) is 4.39 Å². The highest BCUT2D eigenvalue weighted by molar-refractivity contribution is 5.37. The number of benzene rings is 1. The van der Waals surface area contributed by atoms with Crippen molar-refractivity contribution in [3.63, 3.8) is 0 Å². The van der Waals surface area contributed by atoms with Crippen molar-refractivity contribution in [2.45, 2.75) is 32.3 Å². The molecule has 1 saturated heterocycles. The van der Waals surface area contributed by atoms with Gasteiger partial charge in [-0.2, -0.15) is 0 Å². The van der Waals surface area contributed by atoms with Gasteiger partial charge in [0.15, 0.2) is 0 Å². The molecule has 2 aliphatic heterocycles. The van der Waals surface area contributed by atoms with Gasteiger partial charge in [0, 0.05) is 25.1 Å². The molecule has 2 heterocycles. The number of fused-ring (bicyclic) bond motifs is 1. The van der Waals surface area contributed by atoms with Crippen LogP contribution in [0.4, 0.5) is 4.39 Å². The van der Waals surface area contributed by atoms with Crippen LogP contribution in [0.3, 0.4) is 0 Å². The molecule has 2 aliphatic rings. The van der Waals surface area contributed by atoms with Crippen LogP contribution in [0.2, 0.25) is 0 Å². The topological polar surface area (TPSA) is 24.5 Å². The number of hydrogen-bond acceptors (Lipinski definition) is 3. The zero-order chi connectivity index (χ0) is 14.7. The maximum absolute atomic E-state index is 13.2. The zero-order valence-corrected chi connectivity index (χ0v) is 12.8. The molecular formula is C17H25FN2O. The molecule has 2 atom stereocenters. The van der Waals surface area contributed by atoms with E-state index in [1.165, 1.54) is 18.9 Å². The third-order valence-electron chi connectivity index (χ3n) is 4.51. The fraction of sp³-hybridized carbons (Fsp3) is 0.647. The fourth-order valence-electron chi connectivity index (χ4n) is 3.51. The minimum Gasteiger partial charge on any atom is -0.488 e. The minimum atomic E-state index is -0.165. The molecule has 0 bridgehead atoms. The molecule has 3 rings (SSSR count). The van der Waals surface area contributed by atoms with Crippen LogP contribution >= 0.6 is 0 Å². The van der Waals surface area contributed by atoms with Gasteiger partial charge in [0.2, 0.25) is 0 Å². The molecule has 0 aliphatic carbocycles. The Hall–Kier alpha value is -1.13. The predicted octanol–water partition coefficient (Wildman–Crippen LogP) is 2.45. The van der Waals surface area contributed by atoms with Gasteiger partial charge in [-0.3, -0.25) is 4.90 Å². The first-order valence-electron chi connectivity index (χ1n) is 8.12. The van der Waals surface area contributed by atoms with Gasteiger partial charge in [0.25, 0.3) is 0 Å². The van der Waals surface area contributed by atoms with Gasteiger partial charge in [-0.1, -0.05) is 6.92 Å². The predicted molar refractivity (Wildman–Crippen MR) is 82.2 cm³/mol. The number of likely N-dealkylation sites (tertiary alicyclic amines) is 1. The second-order valence-corrected chi connectivity index (χ2v) is 6.27. The van der Waals surface area contributed by atoms with E-state index >= 15 is 0 Å². The Bertz CT molecular complexity index is 480. The maximum atomic E-state index is 13.2. The number of nitrogens with zero attached hydrogens (tertiary/aromatic N) is 1. The van der Waals surface area contributed by atoms with Gasteiger partial charge in [0.05, 0.1) is 0 Å². The molecule has 3 nitrogen and oxygen atoms in total. The Balaban J connectivity index is 1.51. The van der Waals surface area contributed by atoms with Crippen molar-refractivity contribution >= 4 is 0 Å². The summed E-state index contributed by atoms with van der Waals surface area (Å²) in [5.41, 5.74) is 1.02. The molecule has 1 aromatic carbocycles. The van der Waals surface area contributed by atoms with Crippen molar-refractivity contribution in [2.24, 2.45) is 5.92 Å². The molecule has 116 valence electrons. The Labute approximate surface area is 126 Å². The number of nitrogens with one attached hydrogen (secondary N) is 1. The average molecular weight is 292 g/mol. The van der Waals surface area contributed by atoms with Crippen molar-refractivity contribution in [3.05, 3.63) is 29.6 Å². The van der Waals surface area contributed by atoms with Gasteiger partial charge in [0.1, 0.15) is 17.7 Å². The third kappa shape index (κ3) is 3.74. The zero-order valence-electron chi connectivity index (χ0n) is 12.8. The van der Waals surface area contributed by atoms with Gasteiger partial charge in [-0.15, -0.1) is 0 Å². The number of hydrogen-bond donors (Lipinski definition) is 1. The summed E-state index contributed by atoms with van der Waals surface area (Å²) in [4.78, 5) is 2.51. The first kappa shape index (κ1) is 14.8. The lowest BCUT2D eigenvalue weighted by Crippen LogP contribution is -2.43. The minimum absolute atomic E-state index is 0.165. The highest BCUT2D eigenvalue weighted by Crippen LogP contribution is 2.30. The van der Waals surface area contributed by atoms with Crippen LogP contribution in [0.15, 0.2) is 18.2 Å². The lowest BCUT2D eigenvalue weighted by atomic mass is 9.97. The average Bonchev–Trinajstić information content (AvgIpc) is 2.86. The van der Waals surface area contributed by atoms with Gasteiger partial charge < -0.3 is 10.1 Å². The van der Waals surface area contributed by atoms with E-state index in [1.54, 1.807) is 12.1 Å². The summed E-state index contributed by atoms with van der Waals surface area (Å²) in [5.74, 6) is 1.45. The van der Waals surface area contributed by atoms with Crippen LogP contribution in [0.5, 0.6) is 5.75 Å². The molecule has 0 spiro atoms. The highest BCUT2D eigenvalue weighted by Gasteiger charge is 2.27. The summed E-state index contributed by atoms with van der Waals surface area (Å²) in [6.07, 6.45) is 3.60. The van der Waals surface area contributed by atoms with Crippen molar-refractivity contribution in [2.75, 3.05) is 32.7 Å². The SMILES string of the molecule is CCNCC1CCCN(CC2Cc3cc(F)ccc3O2)C1. The quantitative estimate of drug-likeness (QED) is 0.902. The summed E-state index contributed by atoms with van der Waals surface area (Å²) in [7, 11) is 0. The van der Waals surface area contributed by atoms with E-state index in [-0.39, 0.29) is 11.9 Å². The first-order valence-corrected chi connectivity index (χ1v) is 8.12. The van der Waals surface area contributed by atoms with E-state index < -0.39 is 0 Å². The molecule has 1 N–H and O–H groups in total. The molecule has 0 radical (unpaired) electrons. The van der Waals surface area contributed by atoms with Gasteiger partial charge >= 0.3 is 0 Å². The largest absolute Gasteiger partial charge is 0.488 e. The first-order chi connectivity index (χ1) is 10.2. The summed E-state index contributed by atoms with van der Waals surface area (Å²) >= 11 is 0. The van der Waals surface area contributed by atoms with Crippen molar-refractivity contribution in [1.29, 1.82) is 0 Å². The van der Waals surface area contributed by atoms with E-state index in [1.807, 2.05) is 0 Å². The van der Waals surface area contributed by atoms with Crippen molar-refractivity contribution in [3.8, 4) is 5.75 Å². The van der Waals surface area contributed by atoms with E-state index in [0.29, 0.717) is 0 Å². The lowest BCUT2D eigenvalue weighted by molar-refractivity contribution is 0.110. The number of halogens is 1. The summed E-state index contributed by atoms with van der Waals surface area (Å²) in [6.45, 7) is 7.58. The highest BCUT2D eigenvalue weighted by atomic mass is 19.1. The standard InChI is InChI=1S/C17H25FN2O/c1-2-19-10-13-4-3-7-20(11-13)12-16-9-14-8-15(18)5-6-17(14)21-16/h5-6,8,13,16,19H,2-4,7,9-12H2,1H3. The third-order valence-corrected chi connectivity index (χ3v) is 4.51. The Morgan fingerprint density at radius 3 is 3.19 bits per heavy atom. The Morgan fingerprint density at radius 1 is 1.43 bits per heavy atom. The van der Waals surface area contributed by atoms with Crippen LogP contribution in [0, 0.1) is 11.7 Å². The number of rotatable bonds is 5. The van der Waals surface area contributed by atoms with Crippen molar-refractivity contribution < 1.29 is 9.13 Å².